The predicted molar refractivity (Wildman–Crippen MR) is 382 cm³/mol. The van der Waals surface area contributed by atoms with Crippen LogP contribution in [0.15, 0.2) is 126 Å². The number of aliphatic hydroxyl groups is 3. The Kier molecular flexibility index (Phi) is 29.9. The molecule has 0 aromatic heterocycles. The molecule has 0 bridgehead atoms. The summed E-state index contributed by atoms with van der Waals surface area (Å²) in [6.45, 7) is 8.53. The minimum atomic E-state index is -0.853. The lowest BCUT2D eigenvalue weighted by atomic mass is 9.93. The van der Waals surface area contributed by atoms with Gasteiger partial charge in [0.15, 0.2) is 34.5 Å². The fourth-order valence-corrected chi connectivity index (χ4v) is 12.3. The number of para-hydroxylation sites is 3. The van der Waals surface area contributed by atoms with E-state index in [2.05, 4.69) is 0 Å². The number of carboxylic acids is 1. The number of hydrogen-bond donors (Lipinski definition) is 4. The quantitative estimate of drug-likeness (QED) is 0.0161. The summed E-state index contributed by atoms with van der Waals surface area (Å²) in [6, 6.07) is 28.5. The highest BCUT2D eigenvalue weighted by molar-refractivity contribution is 6.48. The number of likely N-dealkylation sites (tertiary alicyclic amines) is 3. The van der Waals surface area contributed by atoms with Gasteiger partial charge in [0.1, 0.15) is 34.5 Å². The van der Waals surface area contributed by atoms with Crippen molar-refractivity contribution in [1.29, 1.82) is 0 Å². The van der Waals surface area contributed by atoms with Gasteiger partial charge in [-0.3, -0.25) is 33.6 Å². The van der Waals surface area contributed by atoms with Crippen molar-refractivity contribution < 1.29 is 111 Å². The largest absolute Gasteiger partial charge is 0.507 e. The molecule has 3 saturated heterocycles. The zero-order valence-corrected chi connectivity index (χ0v) is 60.9. The van der Waals surface area contributed by atoms with Crippen molar-refractivity contribution in [2.75, 3.05) is 125 Å². The average Bonchev–Trinajstić information content (AvgIpc) is 1.64. The maximum absolute atomic E-state index is 13.2. The number of rotatable bonds is 27. The van der Waals surface area contributed by atoms with Crippen LogP contribution in [0.25, 0.3) is 17.3 Å². The summed E-state index contributed by atoms with van der Waals surface area (Å²) in [4.78, 5) is 92.1. The molecule has 0 saturated carbocycles. The van der Waals surface area contributed by atoms with Crippen LogP contribution in [-0.2, 0) is 47.8 Å². The molecule has 3 amide bonds. The second-order valence-electron chi connectivity index (χ2n) is 23.3. The van der Waals surface area contributed by atoms with E-state index in [1.54, 1.807) is 173 Å². The Morgan fingerprint density at radius 2 is 0.602 bits per heavy atom. The van der Waals surface area contributed by atoms with E-state index in [0.717, 1.165) is 6.92 Å². The lowest BCUT2D eigenvalue weighted by molar-refractivity contribution is -0.140. The highest BCUT2D eigenvalue weighted by Gasteiger charge is 2.50. The van der Waals surface area contributed by atoms with Crippen LogP contribution in [-0.4, -0.2) is 201 Å². The molecule has 552 valence electrons. The zero-order chi connectivity index (χ0) is 75.9. The molecule has 3 atom stereocenters. The molecule has 4 N–H and O–H groups in total. The Hall–Kier alpha value is -11.1. The van der Waals surface area contributed by atoms with Gasteiger partial charge in [-0.25, -0.2) is 0 Å². The van der Waals surface area contributed by atoms with E-state index in [4.69, 9.17) is 66.7 Å². The number of carbonyl (C=O) groups is 7. The molecule has 26 heteroatoms. The molecule has 6 aromatic rings. The monoisotopic (exact) mass is 1430 g/mol. The Morgan fingerprint density at radius 1 is 0.359 bits per heavy atom. The summed E-state index contributed by atoms with van der Waals surface area (Å²) < 4.78 is 64.2. The summed E-state index contributed by atoms with van der Waals surface area (Å²) in [5.41, 5.74) is 5.05. The third-order valence-corrected chi connectivity index (χ3v) is 17.1. The Morgan fingerprint density at radius 3 is 0.796 bits per heavy atom. The first kappa shape index (κ1) is 80.9. The molecule has 3 aliphatic heterocycles. The van der Waals surface area contributed by atoms with E-state index in [9.17, 15) is 44.1 Å². The van der Waals surface area contributed by atoms with E-state index in [0.29, 0.717) is 141 Å². The van der Waals surface area contributed by atoms with Gasteiger partial charge in [0, 0.05) is 101 Å². The van der Waals surface area contributed by atoms with Crippen LogP contribution >= 0.6 is 0 Å². The van der Waals surface area contributed by atoms with Crippen molar-refractivity contribution in [2.45, 2.75) is 65.1 Å². The highest BCUT2D eigenvalue weighted by atomic mass is 16.5. The van der Waals surface area contributed by atoms with E-state index < -0.39 is 59.2 Å². The number of ketones is 3. The number of benzene rings is 6. The van der Waals surface area contributed by atoms with Crippen LogP contribution in [0.5, 0.6) is 51.7 Å². The minimum absolute atomic E-state index is 0.00256. The van der Waals surface area contributed by atoms with Crippen LogP contribution in [0.3, 0.4) is 0 Å². The number of aliphatic carboxylic acids is 1. The van der Waals surface area contributed by atoms with Crippen molar-refractivity contribution in [3.63, 3.8) is 0 Å². The summed E-state index contributed by atoms with van der Waals surface area (Å²) in [6.07, 6.45) is 1.57. The molecule has 3 aliphatic rings. The number of carboxylic acid groups (broad SMARTS) is 1. The smallest absolute Gasteiger partial charge is 0.300 e. The number of ether oxygens (including phenoxy) is 12. The summed E-state index contributed by atoms with van der Waals surface area (Å²) >= 11 is 0. The van der Waals surface area contributed by atoms with Crippen molar-refractivity contribution in [1.82, 2.24) is 14.7 Å². The number of aliphatic hydroxyl groups excluding tert-OH is 3. The van der Waals surface area contributed by atoms with Gasteiger partial charge < -0.3 is 92.0 Å². The Bertz CT molecular complexity index is 3750. The molecule has 3 fully saturated rings. The fourth-order valence-electron chi connectivity index (χ4n) is 12.3. The van der Waals surface area contributed by atoms with Crippen LogP contribution in [0.4, 0.5) is 0 Å². The third kappa shape index (κ3) is 18.2. The first-order valence-electron chi connectivity index (χ1n) is 32.5. The van der Waals surface area contributed by atoms with Crippen molar-refractivity contribution >= 4 is 58.3 Å². The summed E-state index contributed by atoms with van der Waals surface area (Å²) in [5.74, 6) is -1.51. The van der Waals surface area contributed by atoms with Gasteiger partial charge in [-0.05, 0) is 130 Å². The molecule has 0 spiro atoms. The molecule has 3 unspecified atom stereocenters. The van der Waals surface area contributed by atoms with Gasteiger partial charge >= 0.3 is 0 Å². The molecular formula is C77H91N3O23. The minimum Gasteiger partial charge on any atom is -0.507 e. The topological polar surface area (TPSA) is 321 Å². The van der Waals surface area contributed by atoms with Gasteiger partial charge in [-0.1, -0.05) is 36.4 Å². The standard InChI is InChI=1S/3C25H29NO7.C2H4O2/c3*1-15-14-16(31-3)10-11-17(15)22(27)20-21(18-8-6-9-19(32-4)24(18)33-5)26(12-7-13-30-2)25(29)23(20)28;1-2(3)4/h3*6,8-11,14,21,27H,7,12-13H2,1-5H3;1H3,(H,3,4)/b3*22-20+;. The number of carbonyl (C=O) groups excluding carboxylic acids is 6. The van der Waals surface area contributed by atoms with E-state index in [-0.39, 0.29) is 53.6 Å². The van der Waals surface area contributed by atoms with Crippen LogP contribution in [0, 0.1) is 20.8 Å². The first-order chi connectivity index (χ1) is 49.4. The molecule has 3 heterocycles. The number of Topliss-reactive ketones (excluding diaryl/α,β-unsaturated/α-hetero) is 3. The predicted octanol–water partition coefficient (Wildman–Crippen LogP) is 10.5. The third-order valence-electron chi connectivity index (χ3n) is 17.1. The molecule has 9 rings (SSSR count). The number of methoxy groups -OCH3 is 12. The van der Waals surface area contributed by atoms with E-state index in [1.807, 2.05) is 0 Å². The van der Waals surface area contributed by atoms with Gasteiger partial charge in [0.2, 0.25) is 0 Å². The summed E-state index contributed by atoms with van der Waals surface area (Å²) in [5, 5.41) is 41.3. The maximum atomic E-state index is 13.2. The van der Waals surface area contributed by atoms with Gasteiger partial charge in [-0.2, -0.15) is 0 Å². The zero-order valence-electron chi connectivity index (χ0n) is 60.9. The maximum Gasteiger partial charge on any atom is 0.300 e. The highest BCUT2D eigenvalue weighted by Crippen LogP contribution is 2.49. The van der Waals surface area contributed by atoms with Gasteiger partial charge in [0.05, 0.1) is 98.8 Å². The Labute approximate surface area is 599 Å². The number of amides is 3. The van der Waals surface area contributed by atoms with E-state index >= 15 is 0 Å². The van der Waals surface area contributed by atoms with Crippen LogP contribution < -0.4 is 42.6 Å². The molecule has 6 aromatic carbocycles. The molecule has 26 nitrogen and oxygen atoms in total. The molecular weight excluding hydrogens is 1330 g/mol. The van der Waals surface area contributed by atoms with Crippen molar-refractivity contribution in [3.05, 3.63) is 176 Å². The van der Waals surface area contributed by atoms with Crippen molar-refractivity contribution in [3.8, 4) is 51.7 Å². The second kappa shape index (κ2) is 38.1. The molecule has 103 heavy (non-hydrogen) atoms. The lowest BCUT2D eigenvalue weighted by Crippen LogP contribution is -2.31. The lowest BCUT2D eigenvalue weighted by Gasteiger charge is -2.27. The average molecular weight is 1430 g/mol. The molecule has 0 aliphatic carbocycles. The molecule has 0 radical (unpaired) electrons. The van der Waals surface area contributed by atoms with Crippen LogP contribution in [0.1, 0.15) is 94.4 Å². The van der Waals surface area contributed by atoms with Crippen LogP contribution in [0.2, 0.25) is 0 Å². The number of nitrogens with zero attached hydrogens (tertiary/aromatic N) is 3. The number of hydrogen-bond acceptors (Lipinski definition) is 22. The summed E-state index contributed by atoms with van der Waals surface area (Å²) in [7, 11) is 18.4. The Balaban J connectivity index is 0.000000236. The second-order valence-corrected chi connectivity index (χ2v) is 23.3. The normalized spacial score (nSPS) is 16.9. The van der Waals surface area contributed by atoms with E-state index in [1.165, 1.54) is 57.4 Å². The van der Waals surface area contributed by atoms with Gasteiger partial charge in [0.25, 0.3) is 41.0 Å². The SMILES string of the molecule is CC(=O)O.COCCCN1C(=O)C(=O)/C(=C(/O)c2ccc(OC)cc2C)C1c1cccc(OC)c1OC.COCCCN1C(=O)C(=O)/C(=C(/O)c2ccc(OC)cc2C)C1c1cccc(OC)c1OC.COCCCN1C(=O)C(=O)/C(=C(/O)c2ccc(OC)cc2C)C1c1cccc(OC)c1OC. The van der Waals surface area contributed by atoms with Crippen molar-refractivity contribution in [2.24, 2.45) is 0 Å². The number of aryl methyl sites for hydroxylation is 3. The fraction of sp³-hybridized carbons (Fsp3) is 0.364. The first-order valence-corrected chi connectivity index (χ1v) is 32.5. The van der Waals surface area contributed by atoms with Gasteiger partial charge in [-0.15, -0.1) is 0 Å².